The lowest BCUT2D eigenvalue weighted by Crippen LogP contribution is -2.32. The van der Waals surface area contributed by atoms with Crippen molar-refractivity contribution < 1.29 is 9.53 Å². The van der Waals surface area contributed by atoms with Crippen molar-refractivity contribution in [1.82, 2.24) is 14.5 Å². The van der Waals surface area contributed by atoms with Gasteiger partial charge in [-0.05, 0) is 35.9 Å². The standard InChI is InChI=1S/C25H26N6O2/c1-4-22(32)31(18-8-6-5-7-9-18)13-12-30-15-19(23-24(26)28-16-29-25(23)30)17-10-11-21(33-3)20(14-17)27-2/h4-11,14-16,27H,1,12-13H2,2-3H3,(H2,26,28,29). The zero-order valence-corrected chi connectivity index (χ0v) is 18.7. The number of anilines is 3. The summed E-state index contributed by atoms with van der Waals surface area (Å²) in [6, 6.07) is 15.4. The van der Waals surface area contributed by atoms with E-state index in [-0.39, 0.29) is 5.91 Å². The van der Waals surface area contributed by atoms with Gasteiger partial charge in [0.2, 0.25) is 5.91 Å². The molecule has 4 rings (SSSR count). The molecule has 0 aliphatic rings. The number of aromatic nitrogens is 3. The summed E-state index contributed by atoms with van der Waals surface area (Å²) >= 11 is 0. The summed E-state index contributed by atoms with van der Waals surface area (Å²) in [5.41, 5.74) is 10.5. The molecule has 0 unspecified atom stereocenters. The molecule has 0 radical (unpaired) electrons. The van der Waals surface area contributed by atoms with Crippen molar-refractivity contribution in [3.05, 3.63) is 73.7 Å². The molecule has 33 heavy (non-hydrogen) atoms. The number of methoxy groups -OCH3 is 1. The van der Waals surface area contributed by atoms with E-state index >= 15 is 0 Å². The maximum atomic E-state index is 12.5. The first kappa shape index (κ1) is 21.9. The lowest BCUT2D eigenvalue weighted by Gasteiger charge is -2.21. The summed E-state index contributed by atoms with van der Waals surface area (Å²) in [6.45, 7) is 4.59. The van der Waals surface area contributed by atoms with Crippen LogP contribution in [0.4, 0.5) is 17.2 Å². The minimum Gasteiger partial charge on any atom is -0.495 e. The number of hydrogen-bond donors (Lipinski definition) is 2. The predicted octanol–water partition coefficient (Wildman–Crippen LogP) is 3.95. The van der Waals surface area contributed by atoms with Crippen molar-refractivity contribution in [3.63, 3.8) is 0 Å². The molecule has 0 aliphatic carbocycles. The van der Waals surface area contributed by atoms with Gasteiger partial charge in [-0.15, -0.1) is 0 Å². The Morgan fingerprint density at radius 3 is 2.73 bits per heavy atom. The number of amides is 1. The molecular formula is C25H26N6O2. The van der Waals surface area contributed by atoms with Crippen LogP contribution in [0.3, 0.4) is 0 Å². The summed E-state index contributed by atoms with van der Waals surface area (Å²) in [5, 5.41) is 3.92. The second kappa shape index (κ2) is 9.44. The molecule has 0 spiro atoms. The topological polar surface area (TPSA) is 98.3 Å². The van der Waals surface area contributed by atoms with Gasteiger partial charge in [-0.3, -0.25) is 4.79 Å². The summed E-state index contributed by atoms with van der Waals surface area (Å²) in [7, 11) is 3.48. The number of carbonyl (C=O) groups excluding carboxylic acids is 1. The van der Waals surface area contributed by atoms with Crippen molar-refractivity contribution >= 4 is 34.1 Å². The van der Waals surface area contributed by atoms with E-state index in [9.17, 15) is 4.79 Å². The second-order valence-corrected chi connectivity index (χ2v) is 7.39. The van der Waals surface area contributed by atoms with Gasteiger partial charge < -0.3 is 25.3 Å². The van der Waals surface area contributed by atoms with E-state index in [1.165, 1.54) is 12.4 Å². The SMILES string of the molecule is C=CC(=O)N(CCn1cc(-c2ccc(OC)c(NC)c2)c2c(N)ncnc21)c1ccccc1. The van der Waals surface area contributed by atoms with Crippen LogP contribution in [0.2, 0.25) is 0 Å². The number of nitrogens with zero attached hydrogens (tertiary/aromatic N) is 4. The van der Waals surface area contributed by atoms with E-state index in [1.54, 1.807) is 12.0 Å². The highest BCUT2D eigenvalue weighted by Crippen LogP contribution is 2.36. The van der Waals surface area contributed by atoms with E-state index in [0.29, 0.717) is 24.6 Å². The van der Waals surface area contributed by atoms with Crippen LogP contribution in [0.5, 0.6) is 5.75 Å². The van der Waals surface area contributed by atoms with Gasteiger partial charge >= 0.3 is 0 Å². The van der Waals surface area contributed by atoms with E-state index in [4.69, 9.17) is 10.5 Å². The zero-order chi connectivity index (χ0) is 23.4. The van der Waals surface area contributed by atoms with Gasteiger partial charge in [0.05, 0.1) is 18.2 Å². The third kappa shape index (κ3) is 4.23. The Balaban J connectivity index is 1.75. The highest BCUT2D eigenvalue weighted by Gasteiger charge is 2.18. The Morgan fingerprint density at radius 2 is 2.03 bits per heavy atom. The fourth-order valence-corrected chi connectivity index (χ4v) is 3.90. The van der Waals surface area contributed by atoms with Crippen LogP contribution < -0.4 is 20.7 Å². The monoisotopic (exact) mass is 442 g/mol. The van der Waals surface area contributed by atoms with Crippen molar-refractivity contribution in [2.45, 2.75) is 6.54 Å². The number of carbonyl (C=O) groups is 1. The number of nitrogen functional groups attached to an aromatic ring is 1. The van der Waals surface area contributed by atoms with Crippen molar-refractivity contribution in [2.75, 3.05) is 36.7 Å². The smallest absolute Gasteiger partial charge is 0.250 e. The molecule has 2 heterocycles. The molecule has 2 aromatic heterocycles. The van der Waals surface area contributed by atoms with Gasteiger partial charge in [-0.25, -0.2) is 9.97 Å². The number of fused-ring (bicyclic) bond motifs is 1. The summed E-state index contributed by atoms with van der Waals surface area (Å²) < 4.78 is 7.42. The quantitative estimate of drug-likeness (QED) is 0.401. The van der Waals surface area contributed by atoms with E-state index in [2.05, 4.69) is 21.9 Å². The zero-order valence-electron chi connectivity index (χ0n) is 18.7. The third-order valence-electron chi connectivity index (χ3n) is 5.54. The van der Waals surface area contributed by atoms with Crippen molar-refractivity contribution in [2.24, 2.45) is 0 Å². The Labute approximate surface area is 192 Å². The molecule has 1 amide bonds. The molecule has 3 N–H and O–H groups in total. The van der Waals surface area contributed by atoms with Crippen molar-refractivity contribution in [3.8, 4) is 16.9 Å². The summed E-state index contributed by atoms with van der Waals surface area (Å²) in [5.74, 6) is 0.981. The Kier molecular flexibility index (Phi) is 6.26. The summed E-state index contributed by atoms with van der Waals surface area (Å²) in [6.07, 6.45) is 4.77. The Bertz CT molecular complexity index is 1300. The molecule has 0 saturated heterocycles. The van der Waals surface area contributed by atoms with Crippen LogP contribution in [0.1, 0.15) is 0 Å². The number of ether oxygens (including phenoxy) is 1. The van der Waals surface area contributed by atoms with Crippen molar-refractivity contribution in [1.29, 1.82) is 0 Å². The number of nitrogens with two attached hydrogens (primary N) is 1. The van der Waals surface area contributed by atoms with Gasteiger partial charge in [0.1, 0.15) is 23.5 Å². The Morgan fingerprint density at radius 1 is 1.24 bits per heavy atom. The van der Waals surface area contributed by atoms with Gasteiger partial charge in [-0.2, -0.15) is 0 Å². The maximum absolute atomic E-state index is 12.5. The van der Waals surface area contributed by atoms with Gasteiger partial charge in [-0.1, -0.05) is 30.8 Å². The largest absolute Gasteiger partial charge is 0.495 e. The number of hydrogen-bond acceptors (Lipinski definition) is 6. The molecule has 8 heteroatoms. The number of nitrogens with one attached hydrogen (secondary N) is 1. The molecule has 0 atom stereocenters. The van der Waals surface area contributed by atoms with Gasteiger partial charge in [0.25, 0.3) is 0 Å². The number of para-hydroxylation sites is 1. The van der Waals surface area contributed by atoms with E-state index in [1.807, 2.05) is 66.3 Å². The average Bonchev–Trinajstić information content (AvgIpc) is 3.24. The minimum atomic E-state index is -0.166. The van der Waals surface area contributed by atoms with Crippen LogP contribution in [-0.2, 0) is 11.3 Å². The summed E-state index contributed by atoms with van der Waals surface area (Å²) in [4.78, 5) is 22.9. The lowest BCUT2D eigenvalue weighted by molar-refractivity contribution is -0.114. The fraction of sp³-hybridized carbons (Fsp3) is 0.160. The predicted molar refractivity (Wildman–Crippen MR) is 132 cm³/mol. The first-order chi connectivity index (χ1) is 16.1. The minimum absolute atomic E-state index is 0.166. The molecule has 4 aromatic rings. The number of rotatable bonds is 8. The van der Waals surface area contributed by atoms with Crippen LogP contribution >= 0.6 is 0 Å². The molecule has 2 aromatic carbocycles. The lowest BCUT2D eigenvalue weighted by atomic mass is 10.0. The first-order valence-electron chi connectivity index (χ1n) is 10.5. The van der Waals surface area contributed by atoms with Crippen LogP contribution in [-0.4, -0.2) is 41.1 Å². The molecule has 0 aliphatic heterocycles. The molecule has 168 valence electrons. The first-order valence-corrected chi connectivity index (χ1v) is 10.5. The van der Waals surface area contributed by atoms with Gasteiger partial charge in [0, 0.05) is 37.6 Å². The molecule has 0 saturated carbocycles. The third-order valence-corrected chi connectivity index (χ3v) is 5.54. The fourth-order valence-electron chi connectivity index (χ4n) is 3.90. The van der Waals surface area contributed by atoms with Crippen LogP contribution in [0.15, 0.2) is 73.7 Å². The highest BCUT2D eigenvalue weighted by molar-refractivity contribution is 6.02. The molecule has 8 nitrogen and oxygen atoms in total. The van der Waals surface area contributed by atoms with Crippen LogP contribution in [0, 0.1) is 0 Å². The second-order valence-electron chi connectivity index (χ2n) is 7.39. The van der Waals surface area contributed by atoms with E-state index < -0.39 is 0 Å². The molecule has 0 bridgehead atoms. The molecular weight excluding hydrogens is 416 g/mol. The maximum Gasteiger partial charge on any atom is 0.250 e. The van der Waals surface area contributed by atoms with Gasteiger partial charge in [0.15, 0.2) is 0 Å². The highest BCUT2D eigenvalue weighted by atomic mass is 16.5. The average molecular weight is 443 g/mol. The Hall–Kier alpha value is -4.33. The molecule has 0 fully saturated rings. The normalized spacial score (nSPS) is 10.7. The van der Waals surface area contributed by atoms with E-state index in [0.717, 1.165) is 33.6 Å². The van der Waals surface area contributed by atoms with Crippen LogP contribution in [0.25, 0.3) is 22.2 Å². The number of benzene rings is 2.